The second-order valence-corrected chi connectivity index (χ2v) is 5.30. The van der Waals surface area contributed by atoms with Gasteiger partial charge in [0.15, 0.2) is 5.69 Å². The van der Waals surface area contributed by atoms with Gasteiger partial charge in [-0.1, -0.05) is 10.4 Å². The molecule has 100 valence electrons. The molecule has 7 heteroatoms. The maximum Gasteiger partial charge on any atom is 0.230 e. The number of aromatic nitrogens is 5. The Morgan fingerprint density at radius 2 is 2.05 bits per heavy atom. The fraction of sp³-hybridized carbons (Fsp3) is 0.667. The fourth-order valence-electron chi connectivity index (χ4n) is 2.46. The number of piperidine rings is 1. The second kappa shape index (κ2) is 4.41. The van der Waals surface area contributed by atoms with Crippen molar-refractivity contribution < 1.29 is 4.52 Å². The number of rotatable bonds is 3. The van der Waals surface area contributed by atoms with Gasteiger partial charge in [0.2, 0.25) is 11.7 Å². The quantitative estimate of drug-likeness (QED) is 0.891. The highest BCUT2D eigenvalue weighted by Gasteiger charge is 2.30. The third kappa shape index (κ3) is 2.14. The fourth-order valence-corrected chi connectivity index (χ4v) is 2.46. The van der Waals surface area contributed by atoms with Crippen molar-refractivity contribution in [1.29, 1.82) is 0 Å². The summed E-state index contributed by atoms with van der Waals surface area (Å²) in [5, 5.41) is 15.7. The van der Waals surface area contributed by atoms with E-state index < -0.39 is 0 Å². The monoisotopic (exact) mass is 260 g/mol. The van der Waals surface area contributed by atoms with E-state index in [1.807, 2.05) is 10.9 Å². The summed E-state index contributed by atoms with van der Waals surface area (Å²) in [6.45, 7) is 2.07. The molecule has 1 saturated heterocycles. The van der Waals surface area contributed by atoms with Crippen molar-refractivity contribution in [3.05, 3.63) is 12.1 Å². The molecule has 1 saturated carbocycles. The largest absolute Gasteiger partial charge is 0.339 e. The second-order valence-electron chi connectivity index (χ2n) is 5.30. The zero-order chi connectivity index (χ0) is 12.7. The van der Waals surface area contributed by atoms with Crippen LogP contribution in [-0.4, -0.2) is 38.2 Å². The molecule has 2 aromatic heterocycles. The number of nitrogens with zero attached hydrogens (tertiary/aromatic N) is 5. The van der Waals surface area contributed by atoms with Crippen molar-refractivity contribution in [2.45, 2.75) is 37.6 Å². The van der Waals surface area contributed by atoms with Crippen LogP contribution in [0.4, 0.5) is 0 Å². The lowest BCUT2D eigenvalue weighted by Crippen LogP contribution is -2.29. The molecule has 0 bridgehead atoms. The maximum absolute atomic E-state index is 5.25. The van der Waals surface area contributed by atoms with E-state index in [2.05, 4.69) is 25.8 Å². The molecule has 0 spiro atoms. The summed E-state index contributed by atoms with van der Waals surface area (Å²) >= 11 is 0. The van der Waals surface area contributed by atoms with Gasteiger partial charge in [-0.25, -0.2) is 4.68 Å². The smallest absolute Gasteiger partial charge is 0.230 e. The van der Waals surface area contributed by atoms with Crippen LogP contribution in [0.25, 0.3) is 11.5 Å². The predicted octanol–water partition coefficient (Wildman–Crippen LogP) is 1.13. The molecule has 0 aromatic carbocycles. The third-order valence-corrected chi connectivity index (χ3v) is 3.79. The summed E-state index contributed by atoms with van der Waals surface area (Å²) in [5.74, 6) is 1.77. The molecule has 3 heterocycles. The summed E-state index contributed by atoms with van der Waals surface area (Å²) in [5.41, 5.74) is 0.703. The minimum absolute atomic E-state index is 0.428. The molecule has 19 heavy (non-hydrogen) atoms. The van der Waals surface area contributed by atoms with Gasteiger partial charge in [-0.15, -0.1) is 5.10 Å². The van der Waals surface area contributed by atoms with Crippen LogP contribution in [0.3, 0.4) is 0 Å². The van der Waals surface area contributed by atoms with E-state index in [0.717, 1.165) is 44.7 Å². The van der Waals surface area contributed by atoms with E-state index in [0.29, 0.717) is 23.5 Å². The summed E-state index contributed by atoms with van der Waals surface area (Å²) in [4.78, 5) is 4.40. The predicted molar refractivity (Wildman–Crippen MR) is 66.4 cm³/mol. The highest BCUT2D eigenvalue weighted by molar-refractivity contribution is 5.45. The van der Waals surface area contributed by atoms with Gasteiger partial charge < -0.3 is 9.84 Å². The Hall–Kier alpha value is -1.76. The van der Waals surface area contributed by atoms with E-state index in [4.69, 9.17) is 4.52 Å². The first-order valence-corrected chi connectivity index (χ1v) is 6.86. The van der Waals surface area contributed by atoms with Crippen molar-refractivity contribution in [1.82, 2.24) is 30.5 Å². The molecule has 0 atom stereocenters. The van der Waals surface area contributed by atoms with Crippen LogP contribution in [0.1, 0.15) is 43.5 Å². The van der Waals surface area contributed by atoms with E-state index in [9.17, 15) is 0 Å². The molecule has 1 N–H and O–H groups in total. The molecule has 0 radical (unpaired) electrons. The maximum atomic E-state index is 5.25. The first-order chi connectivity index (χ1) is 9.40. The average Bonchev–Trinajstić information content (AvgIpc) is 3.01. The molecule has 2 aromatic rings. The Bertz CT molecular complexity index is 566. The van der Waals surface area contributed by atoms with Gasteiger partial charge in [-0.3, -0.25) is 0 Å². The normalized spacial score (nSPS) is 20.8. The van der Waals surface area contributed by atoms with Crippen LogP contribution in [-0.2, 0) is 0 Å². The molecular weight excluding hydrogens is 244 g/mol. The lowest BCUT2D eigenvalue weighted by molar-refractivity contribution is 0.337. The van der Waals surface area contributed by atoms with Gasteiger partial charge in [0.05, 0.1) is 12.2 Å². The van der Waals surface area contributed by atoms with Crippen LogP contribution >= 0.6 is 0 Å². The molecule has 1 aliphatic carbocycles. The standard InChI is InChI=1S/C12H16N6O/c1-2-8(1)12-14-11(16-19-12)10-7-18(17-15-10)9-3-5-13-6-4-9/h7-9,13H,1-6H2. The minimum atomic E-state index is 0.428. The highest BCUT2D eigenvalue weighted by Crippen LogP contribution is 2.39. The van der Waals surface area contributed by atoms with Crippen LogP contribution in [0.2, 0.25) is 0 Å². The van der Waals surface area contributed by atoms with E-state index in [-0.39, 0.29) is 0 Å². The van der Waals surface area contributed by atoms with Crippen molar-refractivity contribution in [2.75, 3.05) is 13.1 Å². The summed E-state index contributed by atoms with van der Waals surface area (Å²) in [6, 6.07) is 0.428. The van der Waals surface area contributed by atoms with Crippen molar-refractivity contribution >= 4 is 0 Å². The Labute approximate surface area is 110 Å². The summed E-state index contributed by atoms with van der Waals surface area (Å²) in [7, 11) is 0. The van der Waals surface area contributed by atoms with E-state index in [1.165, 1.54) is 0 Å². The van der Waals surface area contributed by atoms with Crippen molar-refractivity contribution in [2.24, 2.45) is 0 Å². The highest BCUT2D eigenvalue weighted by atomic mass is 16.5. The molecule has 2 fully saturated rings. The zero-order valence-corrected chi connectivity index (χ0v) is 10.6. The molecule has 7 nitrogen and oxygen atoms in total. The van der Waals surface area contributed by atoms with Crippen LogP contribution < -0.4 is 5.32 Å². The van der Waals surface area contributed by atoms with Gasteiger partial charge in [-0.05, 0) is 38.8 Å². The van der Waals surface area contributed by atoms with Gasteiger partial charge in [0, 0.05) is 5.92 Å². The van der Waals surface area contributed by atoms with Gasteiger partial charge in [0.1, 0.15) is 0 Å². The number of hydrogen-bond acceptors (Lipinski definition) is 6. The first-order valence-electron chi connectivity index (χ1n) is 6.86. The molecule has 4 rings (SSSR count). The van der Waals surface area contributed by atoms with Gasteiger partial charge >= 0.3 is 0 Å². The lowest BCUT2D eigenvalue weighted by Gasteiger charge is -2.21. The van der Waals surface area contributed by atoms with Gasteiger partial charge in [-0.2, -0.15) is 4.98 Å². The van der Waals surface area contributed by atoms with E-state index >= 15 is 0 Å². The van der Waals surface area contributed by atoms with Crippen molar-refractivity contribution in [3.63, 3.8) is 0 Å². The first kappa shape index (κ1) is 11.1. The summed E-state index contributed by atoms with van der Waals surface area (Å²) < 4.78 is 7.18. The Morgan fingerprint density at radius 1 is 1.21 bits per heavy atom. The Balaban J connectivity index is 1.55. The van der Waals surface area contributed by atoms with Crippen LogP contribution in [0.5, 0.6) is 0 Å². The molecule has 0 unspecified atom stereocenters. The molecular formula is C12H16N6O. The molecule has 2 aliphatic rings. The Kier molecular flexibility index (Phi) is 2.58. The van der Waals surface area contributed by atoms with Crippen LogP contribution in [0, 0.1) is 0 Å². The minimum Gasteiger partial charge on any atom is -0.339 e. The van der Waals surface area contributed by atoms with Crippen LogP contribution in [0.15, 0.2) is 10.7 Å². The lowest BCUT2D eigenvalue weighted by atomic mass is 10.1. The molecule has 0 amide bonds. The number of hydrogen-bond donors (Lipinski definition) is 1. The third-order valence-electron chi connectivity index (χ3n) is 3.79. The SMILES string of the molecule is c1c(-c2noc(C3CC3)n2)nnn1C1CCNCC1. The molecule has 1 aliphatic heterocycles. The number of nitrogens with one attached hydrogen (secondary N) is 1. The zero-order valence-electron chi connectivity index (χ0n) is 10.6. The van der Waals surface area contributed by atoms with E-state index in [1.54, 1.807) is 0 Å². The Morgan fingerprint density at radius 3 is 2.84 bits per heavy atom. The topological polar surface area (TPSA) is 81.7 Å². The van der Waals surface area contributed by atoms with Crippen molar-refractivity contribution in [3.8, 4) is 11.5 Å². The summed E-state index contributed by atoms with van der Waals surface area (Å²) in [6.07, 6.45) is 6.41. The van der Waals surface area contributed by atoms with Gasteiger partial charge in [0.25, 0.3) is 0 Å². The average molecular weight is 260 g/mol.